The lowest BCUT2D eigenvalue weighted by atomic mass is 9.67. The van der Waals surface area contributed by atoms with Gasteiger partial charge in [0, 0.05) is 83.0 Å². The minimum Gasteiger partial charge on any atom is -0.455 e. The third-order valence-electron chi connectivity index (χ3n) is 24.8. The van der Waals surface area contributed by atoms with Gasteiger partial charge in [0.15, 0.2) is 0 Å². The topological polar surface area (TPSA) is 32.8 Å². The van der Waals surface area contributed by atoms with Gasteiger partial charge in [-0.1, -0.05) is 321 Å². The van der Waals surface area contributed by atoms with Crippen molar-refractivity contribution >= 4 is 78.0 Å². The van der Waals surface area contributed by atoms with E-state index in [0.29, 0.717) is 0 Å². The maximum absolute atomic E-state index is 6.86. The summed E-state index contributed by atoms with van der Waals surface area (Å²) in [6.07, 6.45) is 0. The molecule has 0 amide bonds. The van der Waals surface area contributed by atoms with Crippen molar-refractivity contribution in [2.75, 3.05) is 9.80 Å². The molecule has 2 aromatic heterocycles. The predicted molar refractivity (Wildman–Crippen MR) is 458 cm³/mol. The molecule has 16 aromatic carbocycles. The Bertz CT molecular complexity index is 6680. The number of para-hydroxylation sites is 2. The molecule has 0 saturated carbocycles. The fourth-order valence-corrected chi connectivity index (χ4v) is 19.4. The van der Waals surface area contributed by atoms with Crippen LogP contribution in [0.4, 0.5) is 34.1 Å². The number of hydrogen-bond donors (Lipinski definition) is 0. The molecule has 0 fully saturated rings. The normalized spacial score (nSPS) is 14.4. The van der Waals surface area contributed by atoms with Crippen LogP contribution in [-0.4, -0.2) is 0 Å². The van der Waals surface area contributed by atoms with Crippen LogP contribution < -0.4 is 9.80 Å². The number of anilines is 6. The van der Waals surface area contributed by atoms with Crippen molar-refractivity contribution in [1.29, 1.82) is 0 Å². The highest BCUT2D eigenvalue weighted by Gasteiger charge is 2.49. The molecule has 0 spiro atoms. The second-order valence-electron chi connectivity index (χ2n) is 31.8. The molecule has 4 nitrogen and oxygen atoms in total. The van der Waals surface area contributed by atoms with Crippen molar-refractivity contribution in [2.45, 2.75) is 63.2 Å². The van der Waals surface area contributed by atoms with E-state index in [1.807, 2.05) is 0 Å². The average molecular weight is 1410 g/mol. The van der Waals surface area contributed by atoms with Gasteiger partial charge in [0.2, 0.25) is 0 Å². The zero-order valence-corrected chi connectivity index (χ0v) is 62.4. The Kier molecular flexibility index (Phi) is 14.6. The smallest absolute Gasteiger partial charge is 0.143 e. The van der Waals surface area contributed by atoms with E-state index in [1.165, 1.54) is 128 Å². The van der Waals surface area contributed by atoms with Gasteiger partial charge < -0.3 is 18.6 Å². The number of furan rings is 2. The second kappa shape index (κ2) is 24.6. The van der Waals surface area contributed by atoms with E-state index < -0.39 is 5.41 Å². The first-order valence-corrected chi connectivity index (χ1v) is 38.5. The van der Waals surface area contributed by atoms with Crippen LogP contribution in [0.5, 0.6) is 0 Å². The van der Waals surface area contributed by atoms with E-state index in [9.17, 15) is 0 Å². The monoisotopic (exact) mass is 1410 g/mol. The van der Waals surface area contributed by atoms with Crippen molar-refractivity contribution in [3.8, 4) is 66.8 Å². The molecule has 4 aliphatic carbocycles. The first-order chi connectivity index (χ1) is 53.8. The summed E-state index contributed by atoms with van der Waals surface area (Å²) in [4.78, 5) is 4.89. The highest BCUT2D eigenvalue weighted by Crippen LogP contribution is 2.61. The Morgan fingerprint density at radius 1 is 0.209 bits per heavy atom. The summed E-state index contributed by atoms with van der Waals surface area (Å²) in [6.45, 7) is 14.1. The van der Waals surface area contributed by atoms with Crippen LogP contribution >= 0.6 is 0 Å². The SMILES string of the molecule is CC1(C)c2ccccc2-c2ccc(N(c3ccc(-c4ccccc4)cc3)c3ccc4c(c3)C(C)(C)c3ccc5c(oc6ccccc65)c3-4)cc21.CC1(C)c2ccccc2-c2ccc(N(c3ccc(-c4ccccc4)cc3)c3ccc4c(c3)C(c3ccccc3)(c3ccccc3)c3ccc5c(oc6ccccc65)c3-4)cc21. The maximum Gasteiger partial charge on any atom is 0.143 e. The van der Waals surface area contributed by atoms with Crippen molar-refractivity contribution in [3.05, 3.63) is 420 Å². The fraction of sp³-hybridized carbons (Fsp3) is 0.0943. The molecule has 0 aliphatic heterocycles. The highest BCUT2D eigenvalue weighted by atomic mass is 16.3. The molecule has 524 valence electrons. The van der Waals surface area contributed by atoms with Gasteiger partial charge in [-0.3, -0.25) is 0 Å². The standard InChI is InChI=1S/C58H41NO.C48H37NO/c1-57(2)50-24-14-12-22-45(50)46-32-30-43(36-52(46)57)59(42-28-26-39(27-29-42)38-16-6-3-7-17-38)44-31-33-49-53(37-44)58(40-18-8-4-9-19-40,41-20-10-5-11-21-41)51-35-34-48-47-23-13-15-25-54(47)60-56(48)55(49)51;1-47(2)40-16-10-8-14-35(40)36-24-22-33(28-42(36)47)49(32-20-18-31(19-21-32)30-12-6-5-7-13-30)34-23-25-39-43(29-34)48(3,4)41-27-26-38-37-15-9-11-17-44(37)50-46(38)45(39)41/h3-37H,1-2H3;5-29H,1-4H3. The summed E-state index contributed by atoms with van der Waals surface area (Å²) >= 11 is 0. The molecule has 0 N–H and O–H groups in total. The van der Waals surface area contributed by atoms with Crippen LogP contribution in [0.2, 0.25) is 0 Å². The Balaban J connectivity index is 0.000000142. The van der Waals surface area contributed by atoms with E-state index in [1.54, 1.807) is 0 Å². The Labute approximate surface area is 642 Å². The third kappa shape index (κ3) is 9.71. The zero-order chi connectivity index (χ0) is 73.8. The van der Waals surface area contributed by atoms with Crippen LogP contribution in [0.3, 0.4) is 0 Å². The van der Waals surface area contributed by atoms with E-state index in [-0.39, 0.29) is 16.2 Å². The third-order valence-corrected chi connectivity index (χ3v) is 24.8. The molecule has 4 heteroatoms. The van der Waals surface area contributed by atoms with Crippen LogP contribution in [0, 0.1) is 0 Å². The number of nitrogens with zero attached hydrogens (tertiary/aromatic N) is 2. The van der Waals surface area contributed by atoms with Crippen LogP contribution in [0.15, 0.2) is 373 Å². The van der Waals surface area contributed by atoms with Gasteiger partial charge in [0.1, 0.15) is 22.3 Å². The van der Waals surface area contributed by atoms with Gasteiger partial charge >= 0.3 is 0 Å². The van der Waals surface area contributed by atoms with E-state index >= 15 is 0 Å². The molecular formula is C106H78N2O2. The molecule has 0 unspecified atom stereocenters. The minimum atomic E-state index is -0.610. The molecule has 0 atom stereocenters. The largest absolute Gasteiger partial charge is 0.455 e. The van der Waals surface area contributed by atoms with Gasteiger partial charge in [-0.2, -0.15) is 0 Å². The average Bonchev–Trinajstić information content (AvgIpc) is 1.55. The first kappa shape index (κ1) is 65.0. The second-order valence-corrected chi connectivity index (χ2v) is 31.8. The molecule has 0 saturated heterocycles. The Hall–Kier alpha value is -13.3. The quantitative estimate of drug-likeness (QED) is 0.137. The van der Waals surface area contributed by atoms with Crippen LogP contribution in [0.1, 0.15) is 97.2 Å². The molecular weight excluding hydrogens is 1330 g/mol. The molecule has 0 bridgehead atoms. The molecule has 22 rings (SSSR count). The lowest BCUT2D eigenvalue weighted by molar-refractivity contribution is 0.653. The van der Waals surface area contributed by atoms with Crippen LogP contribution in [-0.2, 0) is 21.7 Å². The summed E-state index contributed by atoms with van der Waals surface area (Å²) in [5.41, 5.74) is 37.4. The van der Waals surface area contributed by atoms with E-state index in [2.05, 4.69) is 415 Å². The number of benzene rings is 16. The Morgan fingerprint density at radius 2 is 0.518 bits per heavy atom. The van der Waals surface area contributed by atoms with Crippen molar-refractivity contribution < 1.29 is 8.83 Å². The summed E-state index contributed by atoms with van der Waals surface area (Å²) in [5.74, 6) is 0. The van der Waals surface area contributed by atoms with Crippen molar-refractivity contribution in [1.82, 2.24) is 0 Å². The van der Waals surface area contributed by atoms with Crippen LogP contribution in [0.25, 0.3) is 111 Å². The number of rotatable bonds is 10. The molecule has 18 aromatic rings. The summed E-state index contributed by atoms with van der Waals surface area (Å²) in [7, 11) is 0. The fourth-order valence-electron chi connectivity index (χ4n) is 19.4. The molecule has 110 heavy (non-hydrogen) atoms. The number of fused-ring (bicyclic) bond motifs is 20. The summed E-state index contributed by atoms with van der Waals surface area (Å²) in [5, 5.41) is 4.62. The minimum absolute atomic E-state index is 0.0930. The molecule has 2 heterocycles. The van der Waals surface area contributed by atoms with Gasteiger partial charge in [0.05, 0.1) is 5.41 Å². The van der Waals surface area contributed by atoms with Crippen molar-refractivity contribution in [3.63, 3.8) is 0 Å². The van der Waals surface area contributed by atoms with Crippen molar-refractivity contribution in [2.24, 2.45) is 0 Å². The predicted octanol–water partition coefficient (Wildman–Crippen LogP) is 28.7. The Morgan fingerprint density at radius 3 is 0.964 bits per heavy atom. The van der Waals surface area contributed by atoms with Gasteiger partial charge in [-0.15, -0.1) is 0 Å². The van der Waals surface area contributed by atoms with Gasteiger partial charge in [-0.05, 0) is 196 Å². The maximum atomic E-state index is 6.86. The molecule has 4 aliphatic rings. The summed E-state index contributed by atoms with van der Waals surface area (Å²) < 4.78 is 13.4. The van der Waals surface area contributed by atoms with Gasteiger partial charge in [0.25, 0.3) is 0 Å². The lowest BCUT2D eigenvalue weighted by Gasteiger charge is -2.35. The molecule has 0 radical (unpaired) electrons. The van der Waals surface area contributed by atoms with Gasteiger partial charge in [-0.25, -0.2) is 0 Å². The van der Waals surface area contributed by atoms with E-state index in [4.69, 9.17) is 8.83 Å². The highest BCUT2D eigenvalue weighted by molar-refractivity contribution is 6.14. The summed E-state index contributed by atoms with van der Waals surface area (Å²) in [6, 6.07) is 133. The van der Waals surface area contributed by atoms with E-state index in [0.717, 1.165) is 72.8 Å². The number of hydrogen-bond acceptors (Lipinski definition) is 4. The first-order valence-electron chi connectivity index (χ1n) is 38.5. The lowest BCUT2D eigenvalue weighted by Crippen LogP contribution is -2.28. The zero-order valence-electron chi connectivity index (χ0n) is 62.4.